The van der Waals surface area contributed by atoms with Crippen LogP contribution in [0, 0.1) is 11.3 Å². The first kappa shape index (κ1) is 13.6. The van der Waals surface area contributed by atoms with Crippen molar-refractivity contribution in [2.24, 2.45) is 0 Å². The van der Waals surface area contributed by atoms with Gasteiger partial charge in [0.15, 0.2) is 11.4 Å². The minimum atomic E-state index is -5.03. The van der Waals surface area contributed by atoms with Gasteiger partial charge < -0.3 is 4.74 Å². The molecule has 0 atom stereocenters. The van der Waals surface area contributed by atoms with Crippen molar-refractivity contribution in [2.45, 2.75) is 12.8 Å². The average Bonchev–Trinajstić information content (AvgIpc) is 2.18. The summed E-state index contributed by atoms with van der Waals surface area (Å²) in [6, 6.07) is 1.77. The number of nitrogens with zero attached hydrogens (tertiary/aromatic N) is 2. The first-order chi connectivity index (χ1) is 7.74. The average molecular weight is 317 g/mol. The van der Waals surface area contributed by atoms with Crippen LogP contribution >= 0.6 is 15.9 Å². The molecule has 0 saturated heterocycles. The number of hydrogen-bond donors (Lipinski definition) is 0. The molecule has 0 aliphatic carbocycles. The highest BCUT2D eigenvalue weighted by Gasteiger charge is 2.33. The van der Waals surface area contributed by atoms with Gasteiger partial charge in [0.1, 0.15) is 10.7 Å². The second kappa shape index (κ2) is 4.83. The monoisotopic (exact) mass is 316 g/mol. The van der Waals surface area contributed by atoms with Crippen LogP contribution in [-0.2, 0) is 0 Å². The zero-order chi connectivity index (χ0) is 13.2. The van der Waals surface area contributed by atoms with E-state index in [4.69, 9.17) is 5.26 Å². The highest BCUT2D eigenvalue weighted by Crippen LogP contribution is 2.33. The van der Waals surface area contributed by atoms with Gasteiger partial charge in [-0.2, -0.15) is 5.26 Å². The van der Waals surface area contributed by atoms with Gasteiger partial charge in [0, 0.05) is 0 Å². The van der Waals surface area contributed by atoms with Crippen molar-refractivity contribution >= 4 is 15.9 Å². The molecular weight excluding hydrogens is 315 g/mol. The third-order valence-electron chi connectivity index (χ3n) is 1.54. The summed E-state index contributed by atoms with van der Waals surface area (Å²) in [7, 11) is 0. The molecule has 0 aliphatic heterocycles. The van der Waals surface area contributed by atoms with E-state index in [0.29, 0.717) is 6.07 Å². The number of hydrogen-bond acceptors (Lipinski definition) is 3. The fourth-order valence-corrected chi connectivity index (χ4v) is 1.31. The maximum absolute atomic E-state index is 12.4. The fraction of sp³-hybridized carbons (Fsp3) is 0.250. The molecule has 1 aromatic heterocycles. The zero-order valence-corrected chi connectivity index (χ0v) is 9.31. The number of aromatic nitrogens is 1. The van der Waals surface area contributed by atoms with Crippen molar-refractivity contribution in [3.63, 3.8) is 0 Å². The Balaban J connectivity index is 3.26. The Hall–Kier alpha value is -1.43. The summed E-state index contributed by atoms with van der Waals surface area (Å²) in [5.41, 5.74) is -1.59. The van der Waals surface area contributed by atoms with Crippen LogP contribution in [0.1, 0.15) is 17.7 Å². The summed E-state index contributed by atoms with van der Waals surface area (Å²) >= 11 is 2.59. The molecule has 1 aromatic rings. The van der Waals surface area contributed by atoms with E-state index in [2.05, 4.69) is 25.7 Å². The van der Waals surface area contributed by atoms with Gasteiger partial charge in [0.25, 0.3) is 6.43 Å². The molecule has 1 heterocycles. The lowest BCUT2D eigenvalue weighted by Crippen LogP contribution is -2.18. The minimum absolute atomic E-state index is 0.424. The molecule has 0 bridgehead atoms. The minimum Gasteiger partial charge on any atom is -0.403 e. The van der Waals surface area contributed by atoms with E-state index in [0.717, 1.165) is 0 Å². The lowest BCUT2D eigenvalue weighted by Gasteiger charge is -2.12. The van der Waals surface area contributed by atoms with Crippen molar-refractivity contribution in [3.05, 3.63) is 21.9 Å². The standard InChI is InChI=1S/C8H2BrF5N2O/c9-6-5(17-8(12,13)14)1-3(7(10)11)4(2-15)16-6/h1,7H. The van der Waals surface area contributed by atoms with Crippen molar-refractivity contribution < 1.29 is 26.7 Å². The second-order valence-corrected chi connectivity index (χ2v) is 3.43. The van der Waals surface area contributed by atoms with Crippen LogP contribution in [0.4, 0.5) is 22.0 Å². The maximum atomic E-state index is 12.4. The summed E-state index contributed by atoms with van der Waals surface area (Å²) in [6.07, 6.45) is -8.15. The first-order valence-electron chi connectivity index (χ1n) is 3.89. The molecule has 0 amide bonds. The molecule has 92 valence electrons. The molecule has 0 saturated carbocycles. The van der Waals surface area contributed by atoms with Gasteiger partial charge >= 0.3 is 6.36 Å². The van der Waals surface area contributed by atoms with Gasteiger partial charge in [-0.15, -0.1) is 13.2 Å². The number of ether oxygens (including phenoxy) is 1. The van der Waals surface area contributed by atoms with E-state index in [1.807, 2.05) is 0 Å². The van der Waals surface area contributed by atoms with Crippen LogP contribution in [0.25, 0.3) is 0 Å². The quantitative estimate of drug-likeness (QED) is 0.619. The molecular formula is C8H2BrF5N2O. The first-order valence-corrected chi connectivity index (χ1v) is 4.68. The Morgan fingerprint density at radius 1 is 1.41 bits per heavy atom. The Morgan fingerprint density at radius 2 is 2.00 bits per heavy atom. The molecule has 1 rings (SSSR count). The SMILES string of the molecule is N#Cc1nc(Br)c(OC(F)(F)F)cc1C(F)F. The number of rotatable bonds is 2. The number of nitriles is 1. The van der Waals surface area contributed by atoms with Crippen LogP contribution in [-0.4, -0.2) is 11.3 Å². The Kier molecular flexibility index (Phi) is 3.87. The smallest absolute Gasteiger partial charge is 0.403 e. The van der Waals surface area contributed by atoms with Gasteiger partial charge in [0.05, 0.1) is 5.56 Å². The predicted octanol–water partition coefficient (Wildman–Crippen LogP) is 3.55. The van der Waals surface area contributed by atoms with E-state index in [9.17, 15) is 22.0 Å². The molecule has 0 radical (unpaired) electrons. The molecule has 17 heavy (non-hydrogen) atoms. The third kappa shape index (κ3) is 3.52. The number of pyridine rings is 1. The summed E-state index contributed by atoms with van der Waals surface area (Å²) in [4.78, 5) is 3.25. The topological polar surface area (TPSA) is 45.9 Å². The lowest BCUT2D eigenvalue weighted by molar-refractivity contribution is -0.275. The molecule has 0 aliphatic rings. The largest absolute Gasteiger partial charge is 0.573 e. The number of alkyl halides is 5. The van der Waals surface area contributed by atoms with Crippen LogP contribution in [0.2, 0.25) is 0 Å². The molecule has 9 heteroatoms. The summed E-state index contributed by atoms with van der Waals surface area (Å²) in [5, 5.41) is 8.49. The molecule has 0 aromatic carbocycles. The Bertz CT molecular complexity index is 468. The fourth-order valence-electron chi connectivity index (χ4n) is 0.939. The second-order valence-electron chi connectivity index (χ2n) is 2.68. The van der Waals surface area contributed by atoms with E-state index in [1.165, 1.54) is 6.07 Å². The van der Waals surface area contributed by atoms with Gasteiger partial charge in [-0.05, 0) is 22.0 Å². The van der Waals surface area contributed by atoms with Crippen LogP contribution in [0.5, 0.6) is 5.75 Å². The molecule has 0 unspecified atom stereocenters. The van der Waals surface area contributed by atoms with Gasteiger partial charge in [-0.1, -0.05) is 0 Å². The highest BCUT2D eigenvalue weighted by molar-refractivity contribution is 9.10. The van der Waals surface area contributed by atoms with Crippen molar-refractivity contribution in [1.29, 1.82) is 5.26 Å². The summed E-state index contributed by atoms with van der Waals surface area (Å²) in [6.45, 7) is 0. The van der Waals surface area contributed by atoms with Gasteiger partial charge in [0.2, 0.25) is 0 Å². The molecule has 3 nitrogen and oxygen atoms in total. The van der Waals surface area contributed by atoms with Crippen LogP contribution in [0.3, 0.4) is 0 Å². The van der Waals surface area contributed by atoms with Crippen LogP contribution in [0.15, 0.2) is 10.7 Å². The third-order valence-corrected chi connectivity index (χ3v) is 2.11. The Morgan fingerprint density at radius 3 is 2.41 bits per heavy atom. The number of halogens is 6. The maximum Gasteiger partial charge on any atom is 0.573 e. The van der Waals surface area contributed by atoms with Crippen molar-refractivity contribution in [3.8, 4) is 11.8 Å². The molecule has 0 N–H and O–H groups in total. The van der Waals surface area contributed by atoms with Gasteiger partial charge in [-0.3, -0.25) is 0 Å². The van der Waals surface area contributed by atoms with Crippen molar-refractivity contribution in [1.82, 2.24) is 4.98 Å². The zero-order valence-electron chi connectivity index (χ0n) is 7.73. The van der Waals surface area contributed by atoms with E-state index in [1.54, 1.807) is 0 Å². The van der Waals surface area contributed by atoms with Gasteiger partial charge in [-0.25, -0.2) is 13.8 Å². The normalized spacial score (nSPS) is 11.4. The lowest BCUT2D eigenvalue weighted by atomic mass is 10.2. The highest BCUT2D eigenvalue weighted by atomic mass is 79.9. The van der Waals surface area contributed by atoms with Crippen molar-refractivity contribution in [2.75, 3.05) is 0 Å². The predicted molar refractivity (Wildman–Crippen MR) is 48.3 cm³/mol. The van der Waals surface area contributed by atoms with Crippen LogP contribution < -0.4 is 4.74 Å². The summed E-state index contributed by atoms with van der Waals surface area (Å²) in [5.74, 6) is -0.924. The summed E-state index contributed by atoms with van der Waals surface area (Å²) < 4.78 is 63.6. The van der Waals surface area contributed by atoms with E-state index < -0.39 is 34.4 Å². The van der Waals surface area contributed by atoms with E-state index in [-0.39, 0.29) is 0 Å². The Labute approximate surface area is 99.9 Å². The molecule has 0 spiro atoms. The molecule has 0 fully saturated rings. The van der Waals surface area contributed by atoms with E-state index >= 15 is 0 Å².